The average molecular weight is 473 g/mol. The van der Waals surface area contributed by atoms with Crippen molar-refractivity contribution in [3.8, 4) is 17.1 Å². The van der Waals surface area contributed by atoms with Crippen LogP contribution in [0.15, 0.2) is 47.6 Å². The number of Topliss-reactive ketones (excluding diaryl/α,β-unsaturated/α-hetero) is 1. The summed E-state index contributed by atoms with van der Waals surface area (Å²) in [5.41, 5.74) is 3.04. The van der Waals surface area contributed by atoms with Gasteiger partial charge in [-0.15, -0.1) is 10.2 Å². The Morgan fingerprint density at radius 2 is 1.91 bits per heavy atom. The maximum Gasteiger partial charge on any atom is 0.234 e. The van der Waals surface area contributed by atoms with E-state index in [4.69, 9.17) is 4.74 Å². The lowest BCUT2D eigenvalue weighted by atomic mass is 10.1. The zero-order valence-corrected chi connectivity index (χ0v) is 19.7. The van der Waals surface area contributed by atoms with Gasteiger partial charge in [-0.1, -0.05) is 11.8 Å². The van der Waals surface area contributed by atoms with Crippen molar-refractivity contribution in [2.75, 3.05) is 29.5 Å². The Morgan fingerprint density at radius 1 is 1.16 bits per heavy atom. The standard InChI is InChI=1S/C22H24N4O4S2/c1-4-32(28,29)26-12-11-16-13-17(7-10-19(16)26)20(27)14-31-22-24-23-21(25(22)2)15-5-8-18(30-3)9-6-15/h5-10,13H,4,11-12,14H2,1-3H3. The van der Waals surface area contributed by atoms with Crippen LogP contribution in [-0.2, 0) is 23.5 Å². The molecule has 3 aromatic rings. The van der Waals surface area contributed by atoms with Crippen molar-refractivity contribution in [1.82, 2.24) is 14.8 Å². The predicted molar refractivity (Wildman–Crippen MR) is 125 cm³/mol. The van der Waals surface area contributed by atoms with Crippen LogP contribution in [-0.4, -0.2) is 54.1 Å². The van der Waals surface area contributed by atoms with Crippen LogP contribution in [0.25, 0.3) is 11.4 Å². The number of carbonyl (C=O) groups excluding carboxylic acids is 1. The molecule has 0 saturated carbocycles. The largest absolute Gasteiger partial charge is 0.497 e. The number of rotatable bonds is 8. The molecule has 8 nitrogen and oxygen atoms in total. The van der Waals surface area contributed by atoms with Gasteiger partial charge in [0.25, 0.3) is 0 Å². The Labute approximate surface area is 191 Å². The number of ether oxygens (including phenoxy) is 1. The third-order valence-electron chi connectivity index (χ3n) is 5.47. The molecule has 1 aromatic heterocycles. The number of hydrogen-bond donors (Lipinski definition) is 0. The second-order valence-corrected chi connectivity index (χ2v) is 10.5. The van der Waals surface area contributed by atoms with E-state index in [9.17, 15) is 13.2 Å². The Hall–Kier alpha value is -2.85. The monoisotopic (exact) mass is 472 g/mol. The van der Waals surface area contributed by atoms with Gasteiger partial charge >= 0.3 is 0 Å². The quantitative estimate of drug-likeness (QED) is 0.367. The maximum absolute atomic E-state index is 12.8. The molecule has 4 rings (SSSR count). The summed E-state index contributed by atoms with van der Waals surface area (Å²) in [6, 6.07) is 12.8. The van der Waals surface area contributed by atoms with Gasteiger partial charge in [0.15, 0.2) is 16.8 Å². The lowest BCUT2D eigenvalue weighted by molar-refractivity contribution is 0.102. The Morgan fingerprint density at radius 3 is 2.59 bits per heavy atom. The van der Waals surface area contributed by atoms with Crippen molar-refractivity contribution in [2.24, 2.45) is 7.05 Å². The van der Waals surface area contributed by atoms with Gasteiger partial charge in [0.2, 0.25) is 10.0 Å². The second kappa shape index (κ2) is 8.95. The Balaban J connectivity index is 1.45. The molecule has 168 valence electrons. The summed E-state index contributed by atoms with van der Waals surface area (Å²) in [4.78, 5) is 12.8. The number of anilines is 1. The highest BCUT2D eigenvalue weighted by atomic mass is 32.2. The van der Waals surface area contributed by atoms with Gasteiger partial charge in [0.1, 0.15) is 5.75 Å². The molecule has 0 aliphatic carbocycles. The van der Waals surface area contributed by atoms with Gasteiger partial charge in [-0.25, -0.2) is 8.42 Å². The highest BCUT2D eigenvalue weighted by Gasteiger charge is 2.28. The van der Waals surface area contributed by atoms with Crippen molar-refractivity contribution < 1.29 is 17.9 Å². The fraction of sp³-hybridized carbons (Fsp3) is 0.318. The number of carbonyl (C=O) groups is 1. The van der Waals surface area contributed by atoms with Gasteiger partial charge < -0.3 is 9.30 Å². The van der Waals surface area contributed by atoms with E-state index in [0.717, 1.165) is 16.9 Å². The van der Waals surface area contributed by atoms with Crippen LogP contribution in [0.5, 0.6) is 5.75 Å². The maximum atomic E-state index is 12.8. The highest BCUT2D eigenvalue weighted by molar-refractivity contribution is 7.99. The summed E-state index contributed by atoms with van der Waals surface area (Å²) in [6.45, 7) is 2.06. The molecular formula is C22H24N4O4S2. The number of sulfonamides is 1. The molecule has 32 heavy (non-hydrogen) atoms. The molecule has 0 radical (unpaired) electrons. The molecule has 0 saturated heterocycles. The number of thioether (sulfide) groups is 1. The number of aromatic nitrogens is 3. The number of methoxy groups -OCH3 is 1. The number of benzene rings is 2. The average Bonchev–Trinajstić information content (AvgIpc) is 3.41. The smallest absolute Gasteiger partial charge is 0.234 e. The first-order valence-corrected chi connectivity index (χ1v) is 12.8. The van der Waals surface area contributed by atoms with Gasteiger partial charge in [-0.05, 0) is 61.4 Å². The zero-order chi connectivity index (χ0) is 22.9. The van der Waals surface area contributed by atoms with Crippen molar-refractivity contribution in [2.45, 2.75) is 18.5 Å². The molecule has 0 N–H and O–H groups in total. The normalized spacial score (nSPS) is 13.3. The molecule has 0 bridgehead atoms. The lowest BCUT2D eigenvalue weighted by Gasteiger charge is -2.18. The van der Waals surface area contributed by atoms with E-state index in [2.05, 4.69) is 10.2 Å². The molecule has 0 atom stereocenters. The van der Waals surface area contributed by atoms with E-state index in [1.807, 2.05) is 41.9 Å². The molecule has 0 fully saturated rings. The first-order valence-electron chi connectivity index (χ1n) is 10.2. The summed E-state index contributed by atoms with van der Waals surface area (Å²) in [7, 11) is 0.183. The van der Waals surface area contributed by atoms with Crippen molar-refractivity contribution >= 4 is 33.3 Å². The summed E-state index contributed by atoms with van der Waals surface area (Å²) < 4.78 is 33.0. The van der Waals surface area contributed by atoms with E-state index in [1.165, 1.54) is 16.1 Å². The molecular weight excluding hydrogens is 448 g/mol. The summed E-state index contributed by atoms with van der Waals surface area (Å²) in [6.07, 6.45) is 0.608. The van der Waals surface area contributed by atoms with Crippen LogP contribution in [0, 0.1) is 0 Å². The molecule has 2 heterocycles. The van der Waals surface area contributed by atoms with Gasteiger partial charge in [-0.2, -0.15) is 0 Å². The third kappa shape index (κ3) is 4.24. The minimum absolute atomic E-state index is 0.0383. The number of ketones is 1. The van der Waals surface area contributed by atoms with E-state index in [-0.39, 0.29) is 17.3 Å². The fourth-order valence-corrected chi connectivity index (χ4v) is 5.60. The van der Waals surface area contributed by atoms with E-state index >= 15 is 0 Å². The molecule has 0 amide bonds. The van der Waals surface area contributed by atoms with E-state index in [0.29, 0.717) is 35.2 Å². The molecule has 1 aliphatic rings. The number of fused-ring (bicyclic) bond motifs is 1. The molecule has 0 unspecified atom stereocenters. The topological polar surface area (TPSA) is 94.4 Å². The van der Waals surface area contributed by atoms with E-state index < -0.39 is 10.0 Å². The molecule has 2 aromatic carbocycles. The third-order valence-corrected chi connectivity index (χ3v) is 8.27. The van der Waals surface area contributed by atoms with Crippen molar-refractivity contribution in [1.29, 1.82) is 0 Å². The minimum Gasteiger partial charge on any atom is -0.497 e. The fourth-order valence-electron chi connectivity index (χ4n) is 3.64. The number of nitrogens with zero attached hydrogens (tertiary/aromatic N) is 4. The van der Waals surface area contributed by atoms with E-state index in [1.54, 1.807) is 26.2 Å². The second-order valence-electron chi connectivity index (χ2n) is 7.37. The highest BCUT2D eigenvalue weighted by Crippen LogP contribution is 2.32. The van der Waals surface area contributed by atoms with Crippen LogP contribution in [0.4, 0.5) is 5.69 Å². The first kappa shape index (κ1) is 22.3. The van der Waals surface area contributed by atoms with Crippen LogP contribution >= 0.6 is 11.8 Å². The van der Waals surface area contributed by atoms with Crippen LogP contribution < -0.4 is 9.04 Å². The summed E-state index contributed by atoms with van der Waals surface area (Å²) in [5.74, 6) is 1.70. The van der Waals surface area contributed by atoms with Gasteiger partial charge in [-0.3, -0.25) is 9.10 Å². The molecule has 0 spiro atoms. The van der Waals surface area contributed by atoms with Crippen LogP contribution in [0.3, 0.4) is 0 Å². The summed E-state index contributed by atoms with van der Waals surface area (Å²) in [5, 5.41) is 9.12. The minimum atomic E-state index is -3.30. The lowest BCUT2D eigenvalue weighted by Crippen LogP contribution is -2.30. The Kier molecular flexibility index (Phi) is 6.25. The predicted octanol–water partition coefficient (Wildman–Crippen LogP) is 3.18. The van der Waals surface area contributed by atoms with Gasteiger partial charge in [0, 0.05) is 24.7 Å². The molecule has 10 heteroatoms. The SMILES string of the molecule is CCS(=O)(=O)N1CCc2cc(C(=O)CSc3nnc(-c4ccc(OC)cc4)n3C)ccc21. The van der Waals surface area contributed by atoms with Gasteiger partial charge in [0.05, 0.1) is 24.3 Å². The summed E-state index contributed by atoms with van der Waals surface area (Å²) >= 11 is 1.32. The number of hydrogen-bond acceptors (Lipinski definition) is 7. The first-order chi connectivity index (χ1) is 15.3. The van der Waals surface area contributed by atoms with Crippen molar-refractivity contribution in [3.63, 3.8) is 0 Å². The zero-order valence-electron chi connectivity index (χ0n) is 18.1. The van der Waals surface area contributed by atoms with Crippen LogP contribution in [0.1, 0.15) is 22.8 Å². The molecule has 1 aliphatic heterocycles. The van der Waals surface area contributed by atoms with Crippen LogP contribution in [0.2, 0.25) is 0 Å². The Bertz CT molecular complexity index is 1250. The van der Waals surface area contributed by atoms with Crippen molar-refractivity contribution in [3.05, 3.63) is 53.6 Å².